The molecule has 1 fully saturated rings. The van der Waals surface area contributed by atoms with Gasteiger partial charge < -0.3 is 15.2 Å². The molecule has 0 amide bonds. The van der Waals surface area contributed by atoms with Gasteiger partial charge in [0.2, 0.25) is 5.89 Å². The van der Waals surface area contributed by atoms with Gasteiger partial charge in [0.25, 0.3) is 0 Å². The molecule has 2 atom stereocenters. The number of aromatic nitrogens is 2. The van der Waals surface area contributed by atoms with E-state index in [0.717, 1.165) is 18.9 Å². The Kier molecular flexibility index (Phi) is 3.02. The van der Waals surface area contributed by atoms with Gasteiger partial charge in [0.15, 0.2) is 5.82 Å². The standard InChI is InChI=1S/C10H18N4O/c1-7(11)10-12-9(15-13-10)5-8-3-4-14(2)6-8/h7-8H,3-6,11H2,1-2H3. The summed E-state index contributed by atoms with van der Waals surface area (Å²) in [6.45, 7) is 4.15. The monoisotopic (exact) mass is 210 g/mol. The van der Waals surface area contributed by atoms with Gasteiger partial charge in [-0.1, -0.05) is 5.16 Å². The third-order valence-electron chi connectivity index (χ3n) is 2.84. The third-order valence-corrected chi connectivity index (χ3v) is 2.84. The second-order valence-corrected chi connectivity index (χ2v) is 4.46. The van der Waals surface area contributed by atoms with Crippen LogP contribution in [0, 0.1) is 5.92 Å². The van der Waals surface area contributed by atoms with Crippen LogP contribution in [-0.2, 0) is 6.42 Å². The second-order valence-electron chi connectivity index (χ2n) is 4.46. The van der Waals surface area contributed by atoms with E-state index in [1.54, 1.807) is 0 Å². The smallest absolute Gasteiger partial charge is 0.227 e. The lowest BCUT2D eigenvalue weighted by Crippen LogP contribution is -2.15. The Hall–Kier alpha value is -0.940. The normalized spacial score (nSPS) is 24.6. The van der Waals surface area contributed by atoms with Crippen molar-refractivity contribution in [1.82, 2.24) is 15.0 Å². The van der Waals surface area contributed by atoms with E-state index in [0.29, 0.717) is 11.7 Å². The molecule has 84 valence electrons. The predicted octanol–water partition coefficient (Wildman–Crippen LogP) is 0.583. The summed E-state index contributed by atoms with van der Waals surface area (Å²) in [6.07, 6.45) is 2.09. The van der Waals surface area contributed by atoms with Gasteiger partial charge in [0.05, 0.1) is 6.04 Å². The van der Waals surface area contributed by atoms with Crippen LogP contribution in [0.4, 0.5) is 0 Å². The predicted molar refractivity (Wildman–Crippen MR) is 56.2 cm³/mol. The molecule has 1 saturated heterocycles. The first-order valence-electron chi connectivity index (χ1n) is 5.41. The van der Waals surface area contributed by atoms with Gasteiger partial charge in [0.1, 0.15) is 0 Å². The zero-order chi connectivity index (χ0) is 10.8. The highest BCUT2D eigenvalue weighted by Crippen LogP contribution is 2.19. The van der Waals surface area contributed by atoms with Crippen LogP contribution in [0.15, 0.2) is 4.52 Å². The molecule has 2 unspecified atom stereocenters. The Morgan fingerprint density at radius 2 is 2.47 bits per heavy atom. The molecule has 1 aliphatic heterocycles. The van der Waals surface area contributed by atoms with Gasteiger partial charge in [-0.2, -0.15) is 4.98 Å². The summed E-state index contributed by atoms with van der Waals surface area (Å²) >= 11 is 0. The topological polar surface area (TPSA) is 68.2 Å². The molecule has 0 saturated carbocycles. The maximum atomic E-state index is 5.66. The average Bonchev–Trinajstić information content (AvgIpc) is 2.76. The SMILES string of the molecule is CC(N)c1noc(CC2CCN(C)C2)n1. The molecule has 15 heavy (non-hydrogen) atoms. The Labute approximate surface area is 89.6 Å². The fourth-order valence-electron chi connectivity index (χ4n) is 1.98. The quantitative estimate of drug-likeness (QED) is 0.790. The summed E-state index contributed by atoms with van der Waals surface area (Å²) in [5, 5.41) is 3.85. The van der Waals surface area contributed by atoms with Gasteiger partial charge in [0, 0.05) is 13.0 Å². The van der Waals surface area contributed by atoms with Crippen LogP contribution in [0.25, 0.3) is 0 Å². The van der Waals surface area contributed by atoms with E-state index in [2.05, 4.69) is 22.1 Å². The molecular weight excluding hydrogens is 192 g/mol. The minimum atomic E-state index is -0.145. The number of hydrogen-bond donors (Lipinski definition) is 1. The van der Waals surface area contributed by atoms with Crippen molar-refractivity contribution in [3.63, 3.8) is 0 Å². The lowest BCUT2D eigenvalue weighted by molar-refractivity contribution is 0.340. The Balaban J connectivity index is 1.93. The van der Waals surface area contributed by atoms with E-state index in [1.165, 1.54) is 13.0 Å². The summed E-state index contributed by atoms with van der Waals surface area (Å²) in [5.74, 6) is 1.98. The Bertz CT molecular complexity index is 323. The zero-order valence-electron chi connectivity index (χ0n) is 9.31. The van der Waals surface area contributed by atoms with E-state index in [4.69, 9.17) is 10.3 Å². The largest absolute Gasteiger partial charge is 0.339 e. The molecule has 2 rings (SSSR count). The summed E-state index contributed by atoms with van der Waals surface area (Å²) in [5.41, 5.74) is 5.66. The molecule has 0 aliphatic carbocycles. The first-order valence-corrected chi connectivity index (χ1v) is 5.41. The second kappa shape index (κ2) is 4.28. The number of hydrogen-bond acceptors (Lipinski definition) is 5. The van der Waals surface area contributed by atoms with Crippen LogP contribution >= 0.6 is 0 Å². The first-order chi connectivity index (χ1) is 7.15. The van der Waals surface area contributed by atoms with Crippen molar-refractivity contribution in [1.29, 1.82) is 0 Å². The van der Waals surface area contributed by atoms with Crippen LogP contribution in [0.1, 0.15) is 31.1 Å². The number of nitrogens with two attached hydrogens (primary N) is 1. The van der Waals surface area contributed by atoms with Crippen LogP contribution in [0.5, 0.6) is 0 Å². The van der Waals surface area contributed by atoms with Gasteiger partial charge in [-0.25, -0.2) is 0 Å². The minimum Gasteiger partial charge on any atom is -0.339 e. The van der Waals surface area contributed by atoms with Crippen molar-refractivity contribution >= 4 is 0 Å². The Morgan fingerprint density at radius 3 is 3.00 bits per heavy atom. The van der Waals surface area contributed by atoms with Crippen molar-refractivity contribution in [2.45, 2.75) is 25.8 Å². The van der Waals surface area contributed by atoms with E-state index >= 15 is 0 Å². The van der Waals surface area contributed by atoms with Gasteiger partial charge in [-0.3, -0.25) is 0 Å². The molecule has 1 aliphatic rings. The molecule has 5 heteroatoms. The van der Waals surface area contributed by atoms with Gasteiger partial charge >= 0.3 is 0 Å². The molecule has 5 nitrogen and oxygen atoms in total. The molecule has 0 bridgehead atoms. The van der Waals surface area contributed by atoms with Gasteiger partial charge in [-0.15, -0.1) is 0 Å². The maximum Gasteiger partial charge on any atom is 0.227 e. The van der Waals surface area contributed by atoms with Crippen LogP contribution in [0.2, 0.25) is 0 Å². The van der Waals surface area contributed by atoms with E-state index in [1.807, 2.05) is 6.92 Å². The lowest BCUT2D eigenvalue weighted by atomic mass is 10.1. The summed E-state index contributed by atoms with van der Waals surface area (Å²) in [4.78, 5) is 6.60. The lowest BCUT2D eigenvalue weighted by Gasteiger charge is -2.06. The molecule has 2 heterocycles. The molecule has 0 aromatic carbocycles. The fraction of sp³-hybridized carbons (Fsp3) is 0.800. The average molecular weight is 210 g/mol. The number of nitrogens with zero attached hydrogens (tertiary/aromatic N) is 3. The highest BCUT2D eigenvalue weighted by atomic mass is 16.5. The minimum absolute atomic E-state index is 0.145. The fourth-order valence-corrected chi connectivity index (χ4v) is 1.98. The van der Waals surface area contributed by atoms with E-state index < -0.39 is 0 Å². The third kappa shape index (κ3) is 2.54. The zero-order valence-corrected chi connectivity index (χ0v) is 9.31. The van der Waals surface area contributed by atoms with Crippen molar-refractivity contribution < 1.29 is 4.52 Å². The highest BCUT2D eigenvalue weighted by molar-refractivity contribution is 4.93. The molecule has 0 radical (unpaired) electrons. The van der Waals surface area contributed by atoms with Crippen molar-refractivity contribution in [2.75, 3.05) is 20.1 Å². The van der Waals surface area contributed by atoms with Gasteiger partial charge in [-0.05, 0) is 32.9 Å². The first kappa shape index (κ1) is 10.6. The van der Waals surface area contributed by atoms with E-state index in [-0.39, 0.29) is 6.04 Å². The van der Waals surface area contributed by atoms with Crippen molar-refractivity contribution in [3.05, 3.63) is 11.7 Å². The summed E-state index contributed by atoms with van der Waals surface area (Å²) in [7, 11) is 2.14. The van der Waals surface area contributed by atoms with Crippen LogP contribution in [0.3, 0.4) is 0 Å². The molecule has 2 N–H and O–H groups in total. The summed E-state index contributed by atoms with van der Waals surface area (Å²) < 4.78 is 5.16. The highest BCUT2D eigenvalue weighted by Gasteiger charge is 2.22. The van der Waals surface area contributed by atoms with Crippen LogP contribution < -0.4 is 5.73 Å². The maximum absolute atomic E-state index is 5.66. The molecular formula is C10H18N4O. The van der Waals surface area contributed by atoms with E-state index in [9.17, 15) is 0 Å². The molecule has 1 aromatic rings. The van der Waals surface area contributed by atoms with Crippen molar-refractivity contribution in [2.24, 2.45) is 11.7 Å². The number of likely N-dealkylation sites (tertiary alicyclic amines) is 1. The Morgan fingerprint density at radius 1 is 1.67 bits per heavy atom. The number of rotatable bonds is 3. The van der Waals surface area contributed by atoms with Crippen LogP contribution in [-0.4, -0.2) is 35.2 Å². The van der Waals surface area contributed by atoms with Crippen molar-refractivity contribution in [3.8, 4) is 0 Å². The molecule has 1 aromatic heterocycles. The summed E-state index contributed by atoms with van der Waals surface area (Å²) in [6, 6.07) is -0.145. The molecule has 0 spiro atoms.